The summed E-state index contributed by atoms with van der Waals surface area (Å²) in [5.74, 6) is 0. The van der Waals surface area contributed by atoms with Crippen LogP contribution in [-0.4, -0.2) is 5.00 Å². The van der Waals surface area contributed by atoms with Crippen molar-refractivity contribution < 1.29 is 0 Å². The molecule has 0 aromatic heterocycles. The second kappa shape index (κ2) is 13.2. The third-order valence-corrected chi connectivity index (χ3v) is 4.27. The molecule has 0 rings (SSSR count). The van der Waals surface area contributed by atoms with Crippen LogP contribution in [0.4, 0.5) is 0 Å². The molecule has 0 aliphatic rings. The minimum atomic E-state index is -0.435. The molecule has 0 unspecified atom stereocenters. The van der Waals surface area contributed by atoms with Crippen molar-refractivity contribution in [2.24, 2.45) is 5.73 Å². The van der Waals surface area contributed by atoms with Gasteiger partial charge in [0.15, 0.2) is 0 Å². The van der Waals surface area contributed by atoms with E-state index in [4.69, 9.17) is 17.3 Å². The van der Waals surface area contributed by atoms with E-state index in [1.807, 2.05) is 0 Å². The highest BCUT2D eigenvalue weighted by molar-refractivity contribution is 6.23. The summed E-state index contributed by atoms with van der Waals surface area (Å²) in [5.41, 5.74) is 6.16. The van der Waals surface area contributed by atoms with E-state index in [1.165, 1.54) is 77.0 Å². The molecule has 0 amide bonds. The van der Waals surface area contributed by atoms with Gasteiger partial charge in [-0.25, -0.2) is 0 Å². The lowest BCUT2D eigenvalue weighted by molar-refractivity contribution is 0.444. The van der Waals surface area contributed by atoms with Gasteiger partial charge in [0.1, 0.15) is 0 Å². The third kappa shape index (κ3) is 14.5. The van der Waals surface area contributed by atoms with Crippen LogP contribution in [0.1, 0.15) is 104 Å². The Morgan fingerprint density at radius 3 is 1.32 bits per heavy atom. The van der Waals surface area contributed by atoms with Crippen molar-refractivity contribution in [3.8, 4) is 0 Å². The fraction of sp³-hybridized carbons (Fsp3) is 1.00. The average Bonchev–Trinajstić information content (AvgIpc) is 2.38. The largest absolute Gasteiger partial charge is 0.313 e. The van der Waals surface area contributed by atoms with Crippen molar-refractivity contribution in [1.29, 1.82) is 0 Å². The van der Waals surface area contributed by atoms with E-state index >= 15 is 0 Å². The van der Waals surface area contributed by atoms with Crippen molar-refractivity contribution in [2.45, 2.75) is 109 Å². The van der Waals surface area contributed by atoms with Gasteiger partial charge in [0.2, 0.25) is 0 Å². The van der Waals surface area contributed by atoms with Crippen LogP contribution < -0.4 is 5.73 Å². The highest BCUT2D eigenvalue weighted by Gasteiger charge is 2.19. The molecule has 2 N–H and O–H groups in total. The number of alkyl halides is 1. The fourth-order valence-corrected chi connectivity index (χ4v) is 2.79. The predicted molar refractivity (Wildman–Crippen MR) is 88.8 cm³/mol. The first kappa shape index (κ1) is 19.2. The van der Waals surface area contributed by atoms with E-state index in [2.05, 4.69) is 13.8 Å². The second-order valence-electron chi connectivity index (χ2n) is 6.07. The van der Waals surface area contributed by atoms with Crippen LogP contribution in [0.3, 0.4) is 0 Å². The molecule has 19 heavy (non-hydrogen) atoms. The number of hydrogen-bond acceptors (Lipinski definition) is 1. The molecule has 0 saturated carbocycles. The topological polar surface area (TPSA) is 26.0 Å². The molecular formula is C17H36ClN. The molecule has 0 saturated heterocycles. The first-order valence-corrected chi connectivity index (χ1v) is 8.98. The van der Waals surface area contributed by atoms with E-state index in [9.17, 15) is 0 Å². The first-order valence-electron chi connectivity index (χ1n) is 8.60. The smallest absolute Gasteiger partial charge is 0.0910 e. The number of nitrogens with two attached hydrogens (primary N) is 1. The first-order chi connectivity index (χ1) is 9.12. The number of hydrogen-bond donors (Lipinski definition) is 1. The zero-order chi connectivity index (χ0) is 14.4. The van der Waals surface area contributed by atoms with Gasteiger partial charge in [-0.2, -0.15) is 0 Å². The zero-order valence-corrected chi connectivity index (χ0v) is 14.1. The standard InChI is InChI=1S/C17H36ClN/c1-3-5-7-9-11-13-15-17(18,19)16-14-12-10-8-6-4-2/h3-16,19H2,1-2H3. The molecule has 0 aromatic carbocycles. The lowest BCUT2D eigenvalue weighted by Crippen LogP contribution is -2.32. The fourth-order valence-electron chi connectivity index (χ4n) is 2.52. The molecular weight excluding hydrogens is 254 g/mol. The monoisotopic (exact) mass is 289 g/mol. The summed E-state index contributed by atoms with van der Waals surface area (Å²) in [7, 11) is 0. The van der Waals surface area contributed by atoms with Gasteiger partial charge in [-0.1, -0.05) is 90.9 Å². The molecule has 2 heteroatoms. The van der Waals surface area contributed by atoms with E-state index < -0.39 is 5.00 Å². The van der Waals surface area contributed by atoms with Gasteiger partial charge in [-0.3, -0.25) is 0 Å². The summed E-state index contributed by atoms with van der Waals surface area (Å²) in [4.78, 5) is -0.435. The maximum Gasteiger partial charge on any atom is 0.0910 e. The molecule has 0 aromatic rings. The molecule has 0 bridgehead atoms. The quantitative estimate of drug-likeness (QED) is 0.224. The van der Waals surface area contributed by atoms with Crippen LogP contribution in [0.5, 0.6) is 0 Å². The van der Waals surface area contributed by atoms with E-state index in [0.717, 1.165) is 12.8 Å². The van der Waals surface area contributed by atoms with Gasteiger partial charge in [0.05, 0.1) is 5.00 Å². The molecule has 0 aliphatic carbocycles. The van der Waals surface area contributed by atoms with Crippen LogP contribution in [0.25, 0.3) is 0 Å². The zero-order valence-electron chi connectivity index (χ0n) is 13.4. The lowest BCUT2D eigenvalue weighted by atomic mass is 10.0. The van der Waals surface area contributed by atoms with Crippen LogP contribution in [-0.2, 0) is 0 Å². The molecule has 0 radical (unpaired) electrons. The molecule has 0 spiro atoms. The molecule has 116 valence electrons. The highest BCUT2D eigenvalue weighted by Crippen LogP contribution is 2.24. The third-order valence-electron chi connectivity index (χ3n) is 3.89. The molecule has 0 fully saturated rings. The van der Waals surface area contributed by atoms with E-state index in [1.54, 1.807) is 0 Å². The van der Waals surface area contributed by atoms with Crippen molar-refractivity contribution >= 4 is 11.6 Å². The Labute approximate surface area is 126 Å². The van der Waals surface area contributed by atoms with Crippen LogP contribution in [0, 0.1) is 0 Å². The second-order valence-corrected chi connectivity index (χ2v) is 6.82. The molecule has 0 heterocycles. The van der Waals surface area contributed by atoms with Gasteiger partial charge < -0.3 is 5.73 Å². The van der Waals surface area contributed by atoms with Crippen LogP contribution in [0.2, 0.25) is 0 Å². The Morgan fingerprint density at radius 1 is 0.632 bits per heavy atom. The number of halogens is 1. The van der Waals surface area contributed by atoms with Crippen molar-refractivity contribution in [3.05, 3.63) is 0 Å². The Balaban J connectivity index is 3.36. The van der Waals surface area contributed by atoms with Crippen LogP contribution >= 0.6 is 11.6 Å². The SMILES string of the molecule is CCCCCCCCC(N)(Cl)CCCCCCCC. The van der Waals surface area contributed by atoms with Crippen molar-refractivity contribution in [2.75, 3.05) is 0 Å². The summed E-state index contributed by atoms with van der Waals surface area (Å²) < 4.78 is 0. The summed E-state index contributed by atoms with van der Waals surface area (Å²) >= 11 is 6.39. The maximum atomic E-state index is 6.39. The minimum absolute atomic E-state index is 0.435. The predicted octanol–water partition coefficient (Wildman–Crippen LogP) is 6.38. The summed E-state index contributed by atoms with van der Waals surface area (Å²) in [6.07, 6.45) is 17.7. The van der Waals surface area contributed by atoms with Gasteiger partial charge in [-0.15, -0.1) is 11.6 Å². The Bertz CT molecular complexity index is 162. The normalized spacial score (nSPS) is 12.0. The molecule has 0 atom stereocenters. The maximum absolute atomic E-state index is 6.39. The Kier molecular flexibility index (Phi) is 13.4. The Morgan fingerprint density at radius 2 is 0.947 bits per heavy atom. The summed E-state index contributed by atoms with van der Waals surface area (Å²) in [5, 5.41) is 0. The van der Waals surface area contributed by atoms with Crippen molar-refractivity contribution in [3.63, 3.8) is 0 Å². The molecule has 1 nitrogen and oxygen atoms in total. The summed E-state index contributed by atoms with van der Waals surface area (Å²) in [6.45, 7) is 4.51. The van der Waals surface area contributed by atoms with Gasteiger partial charge in [-0.05, 0) is 12.8 Å². The average molecular weight is 290 g/mol. The summed E-state index contributed by atoms with van der Waals surface area (Å²) in [6, 6.07) is 0. The Hall–Kier alpha value is 0.250. The van der Waals surface area contributed by atoms with E-state index in [0.29, 0.717) is 0 Å². The lowest BCUT2D eigenvalue weighted by Gasteiger charge is -2.21. The number of unbranched alkanes of at least 4 members (excludes halogenated alkanes) is 10. The van der Waals surface area contributed by atoms with Crippen LogP contribution in [0.15, 0.2) is 0 Å². The van der Waals surface area contributed by atoms with Gasteiger partial charge >= 0.3 is 0 Å². The number of rotatable bonds is 14. The van der Waals surface area contributed by atoms with Crippen molar-refractivity contribution in [1.82, 2.24) is 0 Å². The van der Waals surface area contributed by atoms with E-state index in [-0.39, 0.29) is 0 Å². The van der Waals surface area contributed by atoms with Gasteiger partial charge in [0.25, 0.3) is 0 Å². The highest BCUT2D eigenvalue weighted by atomic mass is 35.5. The van der Waals surface area contributed by atoms with Gasteiger partial charge in [0, 0.05) is 0 Å². The minimum Gasteiger partial charge on any atom is -0.313 e. The molecule has 0 aliphatic heterocycles.